The monoisotopic (exact) mass is 694 g/mol. The molecule has 0 aliphatic heterocycles. The zero-order valence-electron chi connectivity index (χ0n) is 28.1. The van der Waals surface area contributed by atoms with Crippen LogP contribution in [-0.2, 0) is 10.8 Å². The number of hydrogen-bond acceptors (Lipinski definition) is 2. The average molecular weight is 695 g/mol. The molecule has 8 aromatic rings. The first-order valence-corrected chi connectivity index (χ1v) is 19.2. The van der Waals surface area contributed by atoms with Crippen LogP contribution in [0, 0.1) is 23.7 Å². The molecular formula is C50H30S2. The Hall–Kier alpha value is -6.16. The van der Waals surface area contributed by atoms with Crippen molar-refractivity contribution < 1.29 is 0 Å². The van der Waals surface area contributed by atoms with Crippen LogP contribution in [0.15, 0.2) is 182 Å². The van der Waals surface area contributed by atoms with Crippen molar-refractivity contribution in [3.05, 3.63) is 225 Å². The fourth-order valence-corrected chi connectivity index (χ4v) is 10.6. The van der Waals surface area contributed by atoms with Gasteiger partial charge in [0.15, 0.2) is 0 Å². The molecule has 0 N–H and O–H groups in total. The number of rotatable bonds is 3. The largest absolute Gasteiger partial charge is 0.137 e. The van der Waals surface area contributed by atoms with Gasteiger partial charge in [0.25, 0.3) is 0 Å². The molecule has 2 aliphatic rings. The standard InChI is InChI=1S/C50H30S2/c1-3-15-35(16-4-1)31-33-49(41-23-11-7-19-37(41)38-20-8-12-24-42(38)49)47-29-27-45(51-47)46-28-30-48(52-46)50(34-32-36-17-5-2-6-18-36)43-25-13-9-21-39(43)40-22-10-14-26-44(40)50/h1-30H. The van der Waals surface area contributed by atoms with Gasteiger partial charge < -0.3 is 0 Å². The number of hydrogen-bond donors (Lipinski definition) is 0. The van der Waals surface area contributed by atoms with Gasteiger partial charge in [-0.3, -0.25) is 0 Å². The van der Waals surface area contributed by atoms with Crippen LogP contribution in [0.1, 0.15) is 43.1 Å². The number of benzene rings is 6. The molecular weight excluding hydrogens is 665 g/mol. The first kappa shape index (κ1) is 30.6. The van der Waals surface area contributed by atoms with Gasteiger partial charge in [-0.1, -0.05) is 157 Å². The van der Waals surface area contributed by atoms with Gasteiger partial charge in [0.2, 0.25) is 0 Å². The Labute approximate surface area is 312 Å². The van der Waals surface area contributed by atoms with Crippen molar-refractivity contribution in [1.82, 2.24) is 0 Å². The topological polar surface area (TPSA) is 0 Å². The van der Waals surface area contributed by atoms with E-state index in [9.17, 15) is 0 Å². The number of fused-ring (bicyclic) bond motifs is 6. The maximum absolute atomic E-state index is 3.86. The van der Waals surface area contributed by atoms with E-state index < -0.39 is 10.8 Å². The zero-order valence-corrected chi connectivity index (χ0v) is 29.8. The third-order valence-corrected chi connectivity index (χ3v) is 13.0. The summed E-state index contributed by atoms with van der Waals surface area (Å²) in [5.41, 5.74) is 10.9. The van der Waals surface area contributed by atoms with Crippen LogP contribution in [-0.4, -0.2) is 0 Å². The normalized spacial score (nSPS) is 13.8. The highest BCUT2D eigenvalue weighted by molar-refractivity contribution is 7.22. The second-order valence-electron chi connectivity index (χ2n) is 13.2. The van der Waals surface area contributed by atoms with E-state index in [1.54, 1.807) is 0 Å². The smallest absolute Gasteiger partial charge is 0.117 e. The Kier molecular flexibility index (Phi) is 7.23. The predicted octanol–water partition coefficient (Wildman–Crippen LogP) is 12.2. The van der Waals surface area contributed by atoms with Crippen molar-refractivity contribution in [1.29, 1.82) is 0 Å². The van der Waals surface area contributed by atoms with Gasteiger partial charge in [-0.2, -0.15) is 0 Å². The molecule has 0 spiro atoms. The first-order chi connectivity index (χ1) is 25.8. The van der Waals surface area contributed by atoms with E-state index >= 15 is 0 Å². The third kappa shape index (κ3) is 4.63. The maximum Gasteiger partial charge on any atom is 0.117 e. The van der Waals surface area contributed by atoms with E-state index in [1.165, 1.54) is 64.0 Å². The zero-order chi connectivity index (χ0) is 34.5. The lowest BCUT2D eigenvalue weighted by Gasteiger charge is -2.25. The SMILES string of the molecule is C(#CC1(c2ccc(-c3ccc(C4(C#Cc5ccccc5)c5ccccc5-c5ccccc54)s3)s2)c2ccccc2-c2ccccc21)c1ccccc1. The molecule has 0 saturated heterocycles. The Morgan fingerprint density at radius 1 is 0.308 bits per heavy atom. The highest BCUT2D eigenvalue weighted by Gasteiger charge is 2.46. The van der Waals surface area contributed by atoms with Crippen LogP contribution in [0.4, 0.5) is 0 Å². The first-order valence-electron chi connectivity index (χ1n) is 17.5. The summed E-state index contributed by atoms with van der Waals surface area (Å²) in [5, 5.41) is 0. The van der Waals surface area contributed by atoms with Crippen molar-refractivity contribution in [3.63, 3.8) is 0 Å². The summed E-state index contributed by atoms with van der Waals surface area (Å²) in [5.74, 6) is 14.9. The van der Waals surface area contributed by atoms with Crippen LogP contribution < -0.4 is 0 Å². The minimum absolute atomic E-state index is 0.586. The quantitative estimate of drug-likeness (QED) is 0.162. The van der Waals surface area contributed by atoms with Crippen molar-refractivity contribution in [3.8, 4) is 55.7 Å². The van der Waals surface area contributed by atoms with Crippen molar-refractivity contribution >= 4 is 22.7 Å². The molecule has 0 amide bonds. The van der Waals surface area contributed by atoms with Gasteiger partial charge in [0.05, 0.1) is 0 Å². The van der Waals surface area contributed by atoms with Crippen molar-refractivity contribution in [2.45, 2.75) is 10.8 Å². The lowest BCUT2D eigenvalue weighted by atomic mass is 9.77. The molecule has 0 bridgehead atoms. The maximum atomic E-state index is 3.86. The molecule has 6 aromatic carbocycles. The minimum Gasteiger partial charge on any atom is -0.137 e. The molecule has 0 nitrogen and oxygen atoms in total. The Morgan fingerprint density at radius 3 is 0.962 bits per heavy atom. The molecule has 2 aromatic heterocycles. The van der Waals surface area contributed by atoms with Gasteiger partial charge in [-0.25, -0.2) is 0 Å². The fraction of sp³-hybridized carbons (Fsp3) is 0.0400. The highest BCUT2D eigenvalue weighted by atomic mass is 32.1. The summed E-state index contributed by atoms with van der Waals surface area (Å²) in [6, 6.07) is 65.1. The molecule has 0 atom stereocenters. The summed E-state index contributed by atoms with van der Waals surface area (Å²) < 4.78 is 0. The Bertz CT molecular complexity index is 2470. The average Bonchev–Trinajstić information content (AvgIpc) is 4.01. The summed E-state index contributed by atoms with van der Waals surface area (Å²) in [7, 11) is 0. The van der Waals surface area contributed by atoms with Gasteiger partial charge in [0, 0.05) is 30.6 Å². The van der Waals surface area contributed by atoms with Crippen LogP contribution in [0.2, 0.25) is 0 Å². The van der Waals surface area contributed by atoms with E-state index in [2.05, 4.69) is 194 Å². The predicted molar refractivity (Wildman–Crippen MR) is 218 cm³/mol. The van der Waals surface area contributed by atoms with E-state index in [4.69, 9.17) is 0 Å². The molecule has 52 heavy (non-hydrogen) atoms. The summed E-state index contributed by atoms with van der Waals surface area (Å²) in [6.45, 7) is 0. The van der Waals surface area contributed by atoms with Crippen molar-refractivity contribution in [2.24, 2.45) is 0 Å². The third-order valence-electron chi connectivity index (χ3n) is 10.4. The van der Waals surface area contributed by atoms with Gasteiger partial charge in [0.1, 0.15) is 10.8 Å². The highest BCUT2D eigenvalue weighted by Crippen LogP contribution is 2.57. The molecule has 2 aliphatic carbocycles. The van der Waals surface area contributed by atoms with Gasteiger partial charge >= 0.3 is 0 Å². The summed E-state index contributed by atoms with van der Waals surface area (Å²) in [6.07, 6.45) is 0. The van der Waals surface area contributed by atoms with Crippen LogP contribution in [0.5, 0.6) is 0 Å². The Morgan fingerprint density at radius 2 is 0.615 bits per heavy atom. The molecule has 242 valence electrons. The van der Waals surface area contributed by atoms with E-state index in [0.717, 1.165) is 11.1 Å². The lowest BCUT2D eigenvalue weighted by Crippen LogP contribution is -2.23. The second-order valence-corrected chi connectivity index (χ2v) is 15.4. The lowest BCUT2D eigenvalue weighted by molar-refractivity contribution is 0.860. The summed E-state index contributed by atoms with van der Waals surface area (Å²) >= 11 is 3.71. The Balaban J connectivity index is 1.14. The molecule has 2 heterocycles. The van der Waals surface area contributed by atoms with Gasteiger partial charge in [-0.15, -0.1) is 22.7 Å². The van der Waals surface area contributed by atoms with E-state index in [-0.39, 0.29) is 0 Å². The summed E-state index contributed by atoms with van der Waals surface area (Å²) in [4.78, 5) is 4.93. The fourth-order valence-electron chi connectivity index (χ4n) is 8.11. The van der Waals surface area contributed by atoms with Crippen molar-refractivity contribution in [2.75, 3.05) is 0 Å². The number of thiophene rings is 2. The van der Waals surface area contributed by atoms with Crippen LogP contribution in [0.25, 0.3) is 32.0 Å². The van der Waals surface area contributed by atoms with Gasteiger partial charge in [-0.05, 0) is 93.0 Å². The molecule has 0 fully saturated rings. The molecule has 0 saturated carbocycles. The minimum atomic E-state index is -0.586. The second kappa shape index (κ2) is 12.3. The van der Waals surface area contributed by atoms with Crippen LogP contribution in [0.3, 0.4) is 0 Å². The van der Waals surface area contributed by atoms with Crippen LogP contribution >= 0.6 is 22.7 Å². The van der Waals surface area contributed by atoms with E-state index in [1.807, 2.05) is 34.8 Å². The molecule has 0 unspecified atom stereocenters. The van der Waals surface area contributed by atoms with E-state index in [0.29, 0.717) is 0 Å². The molecule has 0 radical (unpaired) electrons. The molecule has 10 rings (SSSR count). The molecule has 2 heteroatoms.